The van der Waals surface area contributed by atoms with Crippen LogP contribution >= 0.6 is 23.2 Å². The Bertz CT molecular complexity index is 1850. The number of nitrogens with zero attached hydrogens (tertiary/aromatic N) is 4. The molecule has 1 atom stereocenters. The summed E-state index contributed by atoms with van der Waals surface area (Å²) in [6.45, 7) is 2.84. The average Bonchev–Trinajstić information content (AvgIpc) is 3.62. The zero-order valence-corrected chi connectivity index (χ0v) is 27.7. The number of hydrogen-bond donors (Lipinski definition) is 0. The van der Waals surface area contributed by atoms with Gasteiger partial charge in [0, 0.05) is 48.1 Å². The van der Waals surface area contributed by atoms with Crippen LogP contribution in [0.15, 0.2) is 54.9 Å². The van der Waals surface area contributed by atoms with Gasteiger partial charge in [-0.25, -0.2) is 13.9 Å². The Kier molecular flexibility index (Phi) is 9.28. The Morgan fingerprint density at radius 1 is 1.00 bits per heavy atom. The first-order valence-electron chi connectivity index (χ1n) is 15.8. The van der Waals surface area contributed by atoms with Crippen molar-refractivity contribution in [1.82, 2.24) is 14.7 Å². The molecule has 1 unspecified atom stereocenters. The van der Waals surface area contributed by atoms with Gasteiger partial charge in [-0.3, -0.25) is 4.79 Å². The van der Waals surface area contributed by atoms with Gasteiger partial charge in [0.15, 0.2) is 6.73 Å². The van der Waals surface area contributed by atoms with Gasteiger partial charge in [-0.15, -0.1) is 0 Å². The fourth-order valence-electron chi connectivity index (χ4n) is 6.40. The number of para-hydroxylation sites is 1. The zero-order valence-electron chi connectivity index (χ0n) is 26.2. The molecule has 10 nitrogen and oxygen atoms in total. The minimum atomic E-state index is -0.628. The molecular weight excluding hydrogens is 662 g/mol. The smallest absolute Gasteiger partial charge is 0.340 e. The van der Waals surface area contributed by atoms with E-state index in [0.29, 0.717) is 55.5 Å². The molecule has 1 amide bonds. The highest BCUT2D eigenvalue weighted by Crippen LogP contribution is 2.41. The molecule has 48 heavy (non-hydrogen) atoms. The Balaban J connectivity index is 1.14. The highest BCUT2D eigenvalue weighted by atomic mass is 35.5. The molecule has 0 spiro atoms. The Morgan fingerprint density at radius 2 is 1.79 bits per heavy atom. The molecule has 7 rings (SSSR count). The van der Waals surface area contributed by atoms with E-state index in [9.17, 15) is 9.59 Å². The Labute approximate surface area is 286 Å². The molecule has 3 aliphatic rings. The van der Waals surface area contributed by atoms with Crippen molar-refractivity contribution in [2.75, 3.05) is 51.7 Å². The quantitative estimate of drug-likeness (QED) is 0.200. The number of hydrogen-bond acceptors (Lipinski definition) is 8. The molecule has 13 heteroatoms. The summed E-state index contributed by atoms with van der Waals surface area (Å²) in [6, 6.07) is 11.6. The summed E-state index contributed by atoms with van der Waals surface area (Å²) in [5, 5.41) is 4.87. The average molecular weight is 696 g/mol. The molecular formula is C35H33Cl2FN4O6. The maximum Gasteiger partial charge on any atom is 0.340 e. The van der Waals surface area contributed by atoms with E-state index < -0.39 is 17.7 Å². The van der Waals surface area contributed by atoms with Gasteiger partial charge in [-0.1, -0.05) is 41.4 Å². The van der Waals surface area contributed by atoms with Crippen LogP contribution in [0.25, 0.3) is 22.3 Å². The van der Waals surface area contributed by atoms with Crippen LogP contribution < -0.4 is 9.64 Å². The molecule has 2 fully saturated rings. The molecule has 1 aromatic heterocycles. The van der Waals surface area contributed by atoms with Crippen molar-refractivity contribution < 1.29 is 32.9 Å². The monoisotopic (exact) mass is 694 g/mol. The number of halogens is 3. The summed E-state index contributed by atoms with van der Waals surface area (Å²) in [5.41, 5.74) is 3.82. The van der Waals surface area contributed by atoms with Gasteiger partial charge >= 0.3 is 5.97 Å². The van der Waals surface area contributed by atoms with Crippen molar-refractivity contribution >= 4 is 40.8 Å². The fourth-order valence-corrected chi connectivity index (χ4v) is 7.05. The van der Waals surface area contributed by atoms with Crippen LogP contribution in [-0.2, 0) is 20.8 Å². The van der Waals surface area contributed by atoms with Gasteiger partial charge in [0.1, 0.15) is 17.8 Å². The van der Waals surface area contributed by atoms with Crippen molar-refractivity contribution in [2.45, 2.75) is 32.0 Å². The third-order valence-electron chi connectivity index (χ3n) is 8.88. The second-order valence-electron chi connectivity index (χ2n) is 11.9. The van der Waals surface area contributed by atoms with Crippen molar-refractivity contribution in [2.24, 2.45) is 0 Å². The maximum atomic E-state index is 15.7. The number of methoxy groups -OCH3 is 1. The molecule has 0 bridgehead atoms. The largest absolute Gasteiger partial charge is 0.472 e. The van der Waals surface area contributed by atoms with Crippen LogP contribution in [0.1, 0.15) is 51.8 Å². The first kappa shape index (κ1) is 32.4. The van der Waals surface area contributed by atoms with Crippen molar-refractivity contribution in [3.8, 4) is 28.0 Å². The first-order chi connectivity index (χ1) is 23.3. The van der Waals surface area contributed by atoms with E-state index in [1.165, 1.54) is 18.1 Å². The van der Waals surface area contributed by atoms with Crippen molar-refractivity contribution in [1.29, 1.82) is 0 Å². The van der Waals surface area contributed by atoms with Crippen LogP contribution in [-0.4, -0.2) is 73.3 Å². The van der Waals surface area contributed by atoms with E-state index in [1.807, 2.05) is 17.2 Å². The fraction of sp³-hybridized carbons (Fsp3) is 0.343. The molecule has 2 saturated heterocycles. The molecule has 4 aromatic rings. The third kappa shape index (κ3) is 6.23. The number of rotatable bonds is 6. The number of benzene rings is 3. The van der Waals surface area contributed by atoms with Crippen LogP contribution in [0, 0.1) is 5.82 Å². The van der Waals surface area contributed by atoms with E-state index >= 15 is 4.39 Å². The number of anilines is 1. The number of carbonyl (C=O) groups is 2. The number of esters is 1. The van der Waals surface area contributed by atoms with E-state index in [-0.39, 0.29) is 46.2 Å². The zero-order chi connectivity index (χ0) is 33.4. The third-order valence-corrected chi connectivity index (χ3v) is 9.48. The summed E-state index contributed by atoms with van der Waals surface area (Å²) >= 11 is 13.4. The summed E-state index contributed by atoms with van der Waals surface area (Å²) in [7, 11) is 1.27. The van der Waals surface area contributed by atoms with Gasteiger partial charge in [-0.05, 0) is 49.1 Å². The van der Waals surface area contributed by atoms with Crippen molar-refractivity contribution in [3.63, 3.8) is 0 Å². The lowest BCUT2D eigenvalue weighted by molar-refractivity contribution is -0.0394. The molecule has 0 saturated carbocycles. The number of carbonyl (C=O) groups excluding carboxylic acids is 2. The molecule has 250 valence electrons. The highest BCUT2D eigenvalue weighted by Gasteiger charge is 2.30. The van der Waals surface area contributed by atoms with Gasteiger partial charge in [0.05, 0.1) is 59.9 Å². The summed E-state index contributed by atoms with van der Waals surface area (Å²) in [5.74, 6) is -1.18. The summed E-state index contributed by atoms with van der Waals surface area (Å²) in [6.07, 6.45) is 6.53. The molecule has 0 aliphatic carbocycles. The lowest BCUT2D eigenvalue weighted by Crippen LogP contribution is -2.37. The summed E-state index contributed by atoms with van der Waals surface area (Å²) < 4.78 is 39.9. The minimum absolute atomic E-state index is 0.107. The number of aromatic nitrogens is 2. The topological polar surface area (TPSA) is 95.4 Å². The molecule has 4 heterocycles. The van der Waals surface area contributed by atoms with E-state index in [1.54, 1.807) is 41.2 Å². The van der Waals surface area contributed by atoms with Crippen LogP contribution in [0.3, 0.4) is 0 Å². The van der Waals surface area contributed by atoms with Gasteiger partial charge < -0.3 is 28.7 Å². The molecule has 3 aromatic carbocycles. The van der Waals surface area contributed by atoms with E-state index in [0.717, 1.165) is 30.4 Å². The standard InChI is InChI=1S/C35H33Cl2FN4O6/c1-45-35(44)26-15-29(38)25(16-30(26)40-8-11-46-12-9-40)24-6-4-5-21-18-41(20-48-33(21)24)34(43)32-27(36)13-22(14-28(32)37)23-17-39-42(19-23)31-7-2-3-10-47-31/h4-6,13-17,19,31H,2-3,7-12,18,20H2,1H3. The first-order valence-corrected chi connectivity index (χ1v) is 16.5. The second kappa shape index (κ2) is 13.8. The van der Waals surface area contributed by atoms with E-state index in [2.05, 4.69) is 5.10 Å². The summed E-state index contributed by atoms with van der Waals surface area (Å²) in [4.78, 5) is 29.9. The van der Waals surface area contributed by atoms with Gasteiger partial charge in [0.25, 0.3) is 5.91 Å². The van der Waals surface area contributed by atoms with Crippen molar-refractivity contribution in [3.05, 3.63) is 87.4 Å². The predicted molar refractivity (Wildman–Crippen MR) is 178 cm³/mol. The molecule has 0 radical (unpaired) electrons. The lowest BCUT2D eigenvalue weighted by Gasteiger charge is -2.32. The normalized spacial score (nSPS) is 17.9. The highest BCUT2D eigenvalue weighted by molar-refractivity contribution is 6.40. The van der Waals surface area contributed by atoms with Crippen LogP contribution in [0.4, 0.5) is 10.1 Å². The lowest BCUT2D eigenvalue weighted by atomic mass is 9.97. The SMILES string of the molecule is COC(=O)c1cc(F)c(-c2cccc3c2OCN(C(=O)c2c(Cl)cc(-c4cnn(C5CCCCO5)c4)cc2Cl)C3)cc1N1CCOCC1. The second-order valence-corrected chi connectivity index (χ2v) is 12.7. The van der Waals surface area contributed by atoms with Gasteiger partial charge in [0.2, 0.25) is 0 Å². The molecule has 0 N–H and O–H groups in total. The Morgan fingerprint density at radius 3 is 2.52 bits per heavy atom. The Hall–Kier alpha value is -4.16. The number of amides is 1. The predicted octanol–water partition coefficient (Wildman–Crippen LogP) is 6.98. The number of ether oxygens (including phenoxy) is 4. The minimum Gasteiger partial charge on any atom is -0.472 e. The number of fused-ring (bicyclic) bond motifs is 1. The van der Waals surface area contributed by atoms with E-state index in [4.69, 9.17) is 42.1 Å². The van der Waals surface area contributed by atoms with Gasteiger partial charge in [-0.2, -0.15) is 5.10 Å². The van der Waals surface area contributed by atoms with Crippen LogP contribution in [0.2, 0.25) is 10.0 Å². The maximum absolute atomic E-state index is 15.7. The van der Waals surface area contributed by atoms with Crippen LogP contribution in [0.5, 0.6) is 5.75 Å². The molecule has 3 aliphatic heterocycles. The number of morpholine rings is 1.